The summed E-state index contributed by atoms with van der Waals surface area (Å²) in [7, 11) is 4.33. The van der Waals surface area contributed by atoms with E-state index in [0.717, 1.165) is 59.3 Å². The number of aromatic nitrogens is 4. The van der Waals surface area contributed by atoms with Crippen molar-refractivity contribution in [3.05, 3.63) is 72.6 Å². The molecule has 4 aromatic rings. The Morgan fingerprint density at radius 3 is 1.53 bits per heavy atom. The molecule has 2 saturated heterocycles. The van der Waals surface area contributed by atoms with Crippen LogP contribution in [0.5, 0.6) is 0 Å². The van der Waals surface area contributed by atoms with E-state index in [-0.39, 0.29) is 36.9 Å². The summed E-state index contributed by atoms with van der Waals surface area (Å²) in [5.41, 5.74) is 5.61. The Morgan fingerprint density at radius 2 is 1.13 bits per heavy atom. The van der Waals surface area contributed by atoms with Gasteiger partial charge in [-0.1, -0.05) is 48.5 Å². The second-order valence-electron chi connectivity index (χ2n) is 13.7. The molecule has 16 heteroatoms. The maximum Gasteiger partial charge on any atom is 0.407 e. The smallest absolute Gasteiger partial charge is 0.407 e. The van der Waals surface area contributed by atoms with Crippen LogP contribution in [0.3, 0.4) is 0 Å². The number of amides is 4. The number of carbonyl (C=O) groups excluding carboxylic acids is 3. The number of rotatable bonds is 15. The molecular weight excluding hydrogens is 708 g/mol. The second kappa shape index (κ2) is 18.1. The van der Waals surface area contributed by atoms with Crippen LogP contribution in [0.4, 0.5) is 9.59 Å². The lowest BCUT2D eigenvalue weighted by Crippen LogP contribution is -2.49. The highest BCUT2D eigenvalue weighted by atomic mass is 16.5. The van der Waals surface area contributed by atoms with E-state index in [1.54, 1.807) is 29.3 Å². The SMILES string of the molecule is COCC[C@H](NC(=O)O)C(=O)N1CCC[C@H]1c1ncc(-c2ccc(-c3ccc(-c4cnc([C@@H]5CCCN5C(=O)[C@H](CCOC)NC(=O)OC)[nH]4)cc3)cc2)[nH]1. The monoisotopic (exact) mass is 756 g/mol. The Morgan fingerprint density at radius 1 is 0.709 bits per heavy atom. The van der Waals surface area contributed by atoms with Gasteiger partial charge in [0, 0.05) is 53.4 Å². The minimum absolute atomic E-state index is 0.196. The van der Waals surface area contributed by atoms with Gasteiger partial charge in [-0.15, -0.1) is 0 Å². The predicted octanol–water partition coefficient (Wildman–Crippen LogP) is 4.89. The third-order valence-corrected chi connectivity index (χ3v) is 10.2. The first-order valence-corrected chi connectivity index (χ1v) is 18.4. The van der Waals surface area contributed by atoms with Gasteiger partial charge in [0.05, 0.1) is 43.0 Å². The van der Waals surface area contributed by atoms with E-state index in [2.05, 4.69) is 30.6 Å². The molecule has 5 N–H and O–H groups in total. The van der Waals surface area contributed by atoms with Crippen LogP contribution in [0.15, 0.2) is 60.9 Å². The summed E-state index contributed by atoms with van der Waals surface area (Å²) in [6.45, 7) is 1.65. The molecular formula is C39H48N8O8. The molecule has 2 aromatic heterocycles. The van der Waals surface area contributed by atoms with Gasteiger partial charge in [0.25, 0.3) is 0 Å². The molecule has 0 aliphatic carbocycles. The molecule has 0 spiro atoms. The summed E-state index contributed by atoms with van der Waals surface area (Å²) in [6, 6.07) is 14.1. The third kappa shape index (κ3) is 9.15. The fourth-order valence-electron chi connectivity index (χ4n) is 7.36. The van der Waals surface area contributed by atoms with Crippen molar-refractivity contribution in [1.82, 2.24) is 40.4 Å². The van der Waals surface area contributed by atoms with Crippen LogP contribution in [-0.2, 0) is 23.8 Å². The van der Waals surface area contributed by atoms with Gasteiger partial charge in [0.2, 0.25) is 11.8 Å². The van der Waals surface area contributed by atoms with Gasteiger partial charge >= 0.3 is 12.2 Å². The zero-order valence-corrected chi connectivity index (χ0v) is 31.2. The van der Waals surface area contributed by atoms with Crippen molar-refractivity contribution >= 4 is 24.0 Å². The maximum absolute atomic E-state index is 13.5. The van der Waals surface area contributed by atoms with Crippen molar-refractivity contribution in [3.63, 3.8) is 0 Å². The Hall–Kier alpha value is -5.74. The molecule has 16 nitrogen and oxygen atoms in total. The van der Waals surface area contributed by atoms with Gasteiger partial charge in [-0.2, -0.15) is 0 Å². The first-order chi connectivity index (χ1) is 26.7. The average Bonchev–Trinajstić information content (AvgIpc) is 4.04. The molecule has 4 atom stereocenters. The minimum atomic E-state index is -1.25. The van der Waals surface area contributed by atoms with E-state index in [1.165, 1.54) is 14.2 Å². The lowest BCUT2D eigenvalue weighted by Gasteiger charge is -2.28. The molecule has 0 saturated carbocycles. The molecule has 2 aromatic carbocycles. The topological polar surface area (TPSA) is 204 Å². The van der Waals surface area contributed by atoms with Crippen LogP contribution in [0.1, 0.15) is 62.3 Å². The zero-order chi connectivity index (χ0) is 38.9. The van der Waals surface area contributed by atoms with E-state index < -0.39 is 24.3 Å². The summed E-state index contributed by atoms with van der Waals surface area (Å²) in [5, 5.41) is 14.3. The van der Waals surface area contributed by atoms with Crippen LogP contribution in [-0.4, -0.2) is 119 Å². The number of methoxy groups -OCH3 is 3. The van der Waals surface area contributed by atoms with Crippen molar-refractivity contribution in [2.75, 3.05) is 47.6 Å². The quantitative estimate of drug-likeness (QED) is 0.111. The first-order valence-electron chi connectivity index (χ1n) is 18.4. The number of imidazole rings is 2. The summed E-state index contributed by atoms with van der Waals surface area (Å²) in [4.78, 5) is 69.7. The van der Waals surface area contributed by atoms with Crippen molar-refractivity contribution in [2.45, 2.75) is 62.7 Å². The standard InChI is InChI=1S/C39H48N8O8/c1-53-20-16-28(44-38(50)51)36(48)46-18-4-6-32(46)34-40-22-30(42-34)26-12-8-24(9-13-26)25-10-14-27(15-11-25)31-23-41-35(43-31)33-7-5-19-47(33)37(49)29(17-21-54-2)45-39(52)55-3/h8-15,22-23,28-29,32-33,44H,4-7,16-21H2,1-3H3,(H,40,42)(H,41,43)(H,45,52)(H,50,51)/t28-,29-,32-,33-/m0/s1. The highest BCUT2D eigenvalue weighted by Crippen LogP contribution is 2.35. The summed E-state index contributed by atoms with van der Waals surface area (Å²) in [5.74, 6) is 0.879. The van der Waals surface area contributed by atoms with Gasteiger partial charge in [0.1, 0.15) is 23.7 Å². The van der Waals surface area contributed by atoms with Crippen LogP contribution in [0.25, 0.3) is 33.6 Å². The average molecular weight is 757 g/mol. The maximum atomic E-state index is 13.5. The van der Waals surface area contributed by atoms with Crippen molar-refractivity contribution in [2.24, 2.45) is 0 Å². The molecule has 2 aliphatic rings. The van der Waals surface area contributed by atoms with Crippen LogP contribution in [0.2, 0.25) is 0 Å². The van der Waals surface area contributed by atoms with E-state index >= 15 is 0 Å². The minimum Gasteiger partial charge on any atom is -0.465 e. The summed E-state index contributed by atoms with van der Waals surface area (Å²) < 4.78 is 15.0. The van der Waals surface area contributed by atoms with Crippen LogP contribution in [0, 0.1) is 0 Å². The first kappa shape index (κ1) is 39.0. The number of alkyl carbamates (subject to hydrolysis) is 1. The Bertz CT molecular complexity index is 1930. The number of nitrogens with one attached hydrogen (secondary N) is 4. The van der Waals surface area contributed by atoms with Gasteiger partial charge < -0.3 is 49.7 Å². The fourth-order valence-corrected chi connectivity index (χ4v) is 7.36. The molecule has 292 valence electrons. The molecule has 0 unspecified atom stereocenters. The lowest BCUT2D eigenvalue weighted by molar-refractivity contribution is -0.135. The number of carboxylic acid groups (broad SMARTS) is 1. The number of hydrogen-bond acceptors (Lipinski definition) is 9. The highest BCUT2D eigenvalue weighted by molar-refractivity contribution is 5.87. The number of nitrogens with zero attached hydrogens (tertiary/aromatic N) is 4. The van der Waals surface area contributed by atoms with Gasteiger partial charge in [-0.25, -0.2) is 19.6 Å². The normalized spacial score (nSPS) is 17.9. The highest BCUT2D eigenvalue weighted by Gasteiger charge is 2.37. The molecule has 4 amide bonds. The zero-order valence-electron chi connectivity index (χ0n) is 31.2. The molecule has 55 heavy (non-hydrogen) atoms. The largest absolute Gasteiger partial charge is 0.465 e. The third-order valence-electron chi connectivity index (χ3n) is 10.2. The predicted molar refractivity (Wildman–Crippen MR) is 202 cm³/mol. The molecule has 2 fully saturated rings. The Kier molecular flexibility index (Phi) is 12.8. The molecule has 4 heterocycles. The summed E-state index contributed by atoms with van der Waals surface area (Å²) >= 11 is 0. The second-order valence-corrected chi connectivity index (χ2v) is 13.7. The van der Waals surface area contributed by atoms with Crippen LogP contribution < -0.4 is 10.6 Å². The van der Waals surface area contributed by atoms with E-state index in [9.17, 15) is 24.3 Å². The number of ether oxygens (including phenoxy) is 3. The van der Waals surface area contributed by atoms with Crippen molar-refractivity contribution in [3.8, 4) is 33.6 Å². The van der Waals surface area contributed by atoms with E-state index in [0.29, 0.717) is 37.8 Å². The number of hydrogen-bond donors (Lipinski definition) is 5. The van der Waals surface area contributed by atoms with Crippen molar-refractivity contribution in [1.29, 1.82) is 0 Å². The van der Waals surface area contributed by atoms with Crippen LogP contribution >= 0.6 is 0 Å². The molecule has 2 aliphatic heterocycles. The van der Waals surface area contributed by atoms with Gasteiger partial charge in [-0.3, -0.25) is 9.59 Å². The number of H-pyrrole nitrogens is 2. The van der Waals surface area contributed by atoms with Crippen molar-refractivity contribution < 1.29 is 38.5 Å². The molecule has 0 bridgehead atoms. The van der Waals surface area contributed by atoms with E-state index in [1.807, 2.05) is 48.5 Å². The number of likely N-dealkylation sites (tertiary alicyclic amines) is 2. The fraction of sp³-hybridized carbons (Fsp3) is 0.436. The van der Waals surface area contributed by atoms with Gasteiger partial charge in [-0.05, 0) is 47.9 Å². The Balaban J connectivity index is 1.10. The lowest BCUT2D eigenvalue weighted by atomic mass is 10.0. The number of carbonyl (C=O) groups is 4. The number of aromatic amines is 2. The summed E-state index contributed by atoms with van der Waals surface area (Å²) in [6.07, 6.45) is 5.28. The Labute approximate surface area is 319 Å². The number of benzene rings is 2. The molecule has 6 rings (SSSR count). The van der Waals surface area contributed by atoms with Gasteiger partial charge in [0.15, 0.2) is 0 Å². The molecule has 0 radical (unpaired) electrons. The van der Waals surface area contributed by atoms with E-state index in [4.69, 9.17) is 14.2 Å².